The average Bonchev–Trinajstić information content (AvgIpc) is 2.23. The van der Waals surface area contributed by atoms with Crippen molar-refractivity contribution < 1.29 is 4.39 Å². The highest BCUT2D eigenvalue weighted by molar-refractivity contribution is 6.30. The molecule has 1 fully saturated rings. The molecule has 0 spiro atoms. The molecule has 0 aromatic heterocycles. The first-order valence-corrected chi connectivity index (χ1v) is 5.04. The van der Waals surface area contributed by atoms with Crippen molar-refractivity contribution in [1.82, 2.24) is 10.6 Å². The van der Waals surface area contributed by atoms with Gasteiger partial charge in [-0.3, -0.25) is 0 Å². The summed E-state index contributed by atoms with van der Waals surface area (Å²) in [4.78, 5) is 0. The molecule has 1 aromatic rings. The van der Waals surface area contributed by atoms with Crippen molar-refractivity contribution in [2.75, 3.05) is 19.6 Å². The summed E-state index contributed by atoms with van der Waals surface area (Å²) >= 11 is 5.61. The van der Waals surface area contributed by atoms with Crippen molar-refractivity contribution in [3.05, 3.63) is 34.6 Å². The Morgan fingerprint density at radius 2 is 2.21 bits per heavy atom. The fourth-order valence-corrected chi connectivity index (χ4v) is 1.74. The Balaban J connectivity index is 2.18. The zero-order valence-corrected chi connectivity index (χ0v) is 8.44. The van der Waals surface area contributed by atoms with Crippen LogP contribution in [0.2, 0.25) is 5.02 Å². The highest BCUT2D eigenvalue weighted by Crippen LogP contribution is 2.20. The predicted octanol–water partition coefficient (Wildman–Crippen LogP) is 1.71. The van der Waals surface area contributed by atoms with Crippen LogP contribution in [0.3, 0.4) is 0 Å². The first-order chi connectivity index (χ1) is 6.77. The number of benzene rings is 1. The number of hydrogen-bond acceptors (Lipinski definition) is 2. The first kappa shape index (κ1) is 9.90. The molecule has 0 bridgehead atoms. The molecule has 0 aliphatic carbocycles. The van der Waals surface area contributed by atoms with Gasteiger partial charge in [0.1, 0.15) is 5.82 Å². The number of halogens is 2. The fourth-order valence-electron chi connectivity index (χ4n) is 1.62. The van der Waals surface area contributed by atoms with E-state index in [0.717, 1.165) is 25.2 Å². The molecule has 4 heteroatoms. The monoisotopic (exact) mass is 214 g/mol. The van der Waals surface area contributed by atoms with Gasteiger partial charge >= 0.3 is 0 Å². The van der Waals surface area contributed by atoms with Crippen molar-refractivity contribution in [1.29, 1.82) is 0 Å². The van der Waals surface area contributed by atoms with E-state index in [1.807, 2.05) is 6.07 Å². The summed E-state index contributed by atoms with van der Waals surface area (Å²) in [7, 11) is 0. The van der Waals surface area contributed by atoms with Crippen LogP contribution in [-0.2, 0) is 0 Å². The molecule has 14 heavy (non-hydrogen) atoms. The van der Waals surface area contributed by atoms with E-state index in [0.29, 0.717) is 0 Å². The van der Waals surface area contributed by atoms with Gasteiger partial charge in [0, 0.05) is 25.7 Å². The smallest absolute Gasteiger partial charge is 0.142 e. The molecule has 1 aromatic carbocycles. The minimum Gasteiger partial charge on any atom is -0.314 e. The number of piperazine rings is 1. The highest BCUT2D eigenvalue weighted by Gasteiger charge is 2.15. The summed E-state index contributed by atoms with van der Waals surface area (Å²) < 4.78 is 13.2. The Morgan fingerprint density at radius 1 is 1.36 bits per heavy atom. The predicted molar refractivity (Wildman–Crippen MR) is 55.0 cm³/mol. The van der Waals surface area contributed by atoms with Crippen LogP contribution < -0.4 is 10.6 Å². The van der Waals surface area contributed by atoms with Gasteiger partial charge in [-0.15, -0.1) is 0 Å². The molecular weight excluding hydrogens is 203 g/mol. The van der Waals surface area contributed by atoms with Crippen LogP contribution in [0.15, 0.2) is 18.2 Å². The molecule has 1 aliphatic rings. The molecule has 0 unspecified atom stereocenters. The molecule has 76 valence electrons. The van der Waals surface area contributed by atoms with Gasteiger partial charge in [0.15, 0.2) is 0 Å². The number of rotatable bonds is 1. The molecule has 2 N–H and O–H groups in total. The van der Waals surface area contributed by atoms with E-state index in [1.54, 1.807) is 6.07 Å². The van der Waals surface area contributed by atoms with Gasteiger partial charge in [0.05, 0.1) is 5.02 Å². The van der Waals surface area contributed by atoms with Gasteiger partial charge < -0.3 is 10.6 Å². The molecule has 0 radical (unpaired) electrons. The Morgan fingerprint density at radius 3 is 2.86 bits per heavy atom. The Hall–Kier alpha value is -0.640. The quantitative estimate of drug-likeness (QED) is 0.744. The van der Waals surface area contributed by atoms with Gasteiger partial charge in [0.2, 0.25) is 0 Å². The van der Waals surface area contributed by atoms with E-state index in [-0.39, 0.29) is 16.9 Å². The first-order valence-electron chi connectivity index (χ1n) is 4.66. The van der Waals surface area contributed by atoms with Crippen molar-refractivity contribution in [2.24, 2.45) is 0 Å². The third-order valence-corrected chi connectivity index (χ3v) is 2.69. The van der Waals surface area contributed by atoms with Gasteiger partial charge in [0.25, 0.3) is 0 Å². The highest BCUT2D eigenvalue weighted by atomic mass is 35.5. The molecule has 1 saturated heterocycles. The normalized spacial score (nSPS) is 22.3. The Kier molecular flexibility index (Phi) is 3.01. The van der Waals surface area contributed by atoms with Crippen molar-refractivity contribution in [3.63, 3.8) is 0 Å². The Labute approximate surface area is 87.5 Å². The standard InChI is InChI=1S/C10H12ClFN2/c11-8-2-1-7(5-9(8)12)10-6-13-3-4-14-10/h1-2,5,10,13-14H,3-4,6H2/t10-/m1/s1. The molecular formula is C10H12ClFN2. The lowest BCUT2D eigenvalue weighted by molar-refractivity contribution is 0.428. The van der Waals surface area contributed by atoms with Gasteiger partial charge in [-0.25, -0.2) is 4.39 Å². The summed E-state index contributed by atoms with van der Waals surface area (Å²) in [6, 6.07) is 5.14. The second-order valence-electron chi connectivity index (χ2n) is 3.38. The van der Waals surface area contributed by atoms with Crippen LogP contribution in [0.5, 0.6) is 0 Å². The molecule has 1 aliphatic heterocycles. The lowest BCUT2D eigenvalue weighted by Gasteiger charge is -2.24. The lowest BCUT2D eigenvalue weighted by atomic mass is 10.1. The molecule has 0 amide bonds. The SMILES string of the molecule is Fc1cc([C@H]2CNCCN2)ccc1Cl. The van der Waals surface area contributed by atoms with E-state index >= 15 is 0 Å². The summed E-state index contributed by atoms with van der Waals surface area (Å²) in [5, 5.41) is 6.74. The zero-order valence-electron chi connectivity index (χ0n) is 7.69. The largest absolute Gasteiger partial charge is 0.314 e. The summed E-state index contributed by atoms with van der Waals surface area (Å²) in [5.74, 6) is -0.350. The molecule has 1 atom stereocenters. The second kappa shape index (κ2) is 4.26. The minimum absolute atomic E-state index is 0.178. The fraction of sp³-hybridized carbons (Fsp3) is 0.400. The van der Waals surface area contributed by atoms with Crippen LogP contribution in [0, 0.1) is 5.82 Å². The number of hydrogen-bond donors (Lipinski definition) is 2. The molecule has 2 rings (SSSR count). The van der Waals surface area contributed by atoms with Crippen LogP contribution in [0.1, 0.15) is 11.6 Å². The van der Waals surface area contributed by atoms with Crippen LogP contribution in [0.25, 0.3) is 0 Å². The summed E-state index contributed by atoms with van der Waals surface area (Å²) in [5.41, 5.74) is 0.944. The van der Waals surface area contributed by atoms with Crippen molar-refractivity contribution in [2.45, 2.75) is 6.04 Å². The van der Waals surface area contributed by atoms with Gasteiger partial charge in [-0.2, -0.15) is 0 Å². The zero-order chi connectivity index (χ0) is 9.97. The van der Waals surface area contributed by atoms with Crippen LogP contribution >= 0.6 is 11.6 Å². The van der Waals surface area contributed by atoms with E-state index in [4.69, 9.17) is 11.6 Å². The van der Waals surface area contributed by atoms with E-state index in [9.17, 15) is 4.39 Å². The van der Waals surface area contributed by atoms with Crippen molar-refractivity contribution >= 4 is 11.6 Å². The third-order valence-electron chi connectivity index (χ3n) is 2.39. The van der Waals surface area contributed by atoms with Gasteiger partial charge in [-0.05, 0) is 17.7 Å². The maximum atomic E-state index is 13.2. The van der Waals surface area contributed by atoms with Crippen LogP contribution in [0.4, 0.5) is 4.39 Å². The van der Waals surface area contributed by atoms with E-state index in [1.165, 1.54) is 6.07 Å². The molecule has 1 heterocycles. The molecule has 2 nitrogen and oxygen atoms in total. The molecule has 0 saturated carbocycles. The second-order valence-corrected chi connectivity index (χ2v) is 3.79. The van der Waals surface area contributed by atoms with Crippen molar-refractivity contribution in [3.8, 4) is 0 Å². The topological polar surface area (TPSA) is 24.1 Å². The Bertz CT molecular complexity index is 324. The van der Waals surface area contributed by atoms with E-state index < -0.39 is 0 Å². The van der Waals surface area contributed by atoms with Gasteiger partial charge in [-0.1, -0.05) is 17.7 Å². The maximum absolute atomic E-state index is 13.2. The van der Waals surface area contributed by atoms with E-state index in [2.05, 4.69) is 10.6 Å². The summed E-state index contributed by atoms with van der Waals surface area (Å²) in [6.07, 6.45) is 0. The van der Waals surface area contributed by atoms with Crippen LogP contribution in [-0.4, -0.2) is 19.6 Å². The third kappa shape index (κ3) is 2.05. The minimum atomic E-state index is -0.350. The maximum Gasteiger partial charge on any atom is 0.142 e. The summed E-state index contributed by atoms with van der Waals surface area (Å²) in [6.45, 7) is 2.71. The average molecular weight is 215 g/mol. The number of nitrogens with one attached hydrogen (secondary N) is 2. The lowest BCUT2D eigenvalue weighted by Crippen LogP contribution is -2.42.